The van der Waals surface area contributed by atoms with E-state index >= 15 is 0 Å². The van der Waals surface area contributed by atoms with Gasteiger partial charge in [-0.25, -0.2) is 0 Å². The highest BCUT2D eigenvalue weighted by molar-refractivity contribution is 8.13. The van der Waals surface area contributed by atoms with Gasteiger partial charge in [-0.3, -0.25) is 14.3 Å². The Morgan fingerprint density at radius 3 is 2.37 bits per heavy atom. The van der Waals surface area contributed by atoms with Crippen molar-refractivity contribution in [2.24, 2.45) is 0 Å². The summed E-state index contributed by atoms with van der Waals surface area (Å²) in [5, 5.41) is 11.2. The summed E-state index contributed by atoms with van der Waals surface area (Å²) in [7, 11) is 3.06. The molecule has 0 aliphatic carbocycles. The molecule has 2 aromatic rings. The monoisotopic (exact) mass is 392 g/mol. The number of aryl methyl sites for hydroxylation is 1. The maximum absolute atomic E-state index is 12.7. The van der Waals surface area contributed by atoms with E-state index in [0.29, 0.717) is 35.1 Å². The van der Waals surface area contributed by atoms with E-state index < -0.39 is 5.54 Å². The SMILES string of the molecule is COc1cc(OC)cc(C(=O)NC(C)(C)c2cn(CCSC(C)=O)nn2)c1. The number of ether oxygens (including phenoxy) is 2. The van der Waals surface area contributed by atoms with E-state index in [2.05, 4.69) is 15.6 Å². The number of nitrogens with one attached hydrogen (secondary N) is 1. The first-order chi connectivity index (χ1) is 12.7. The van der Waals surface area contributed by atoms with Crippen LogP contribution < -0.4 is 14.8 Å². The van der Waals surface area contributed by atoms with E-state index in [1.165, 1.54) is 32.9 Å². The summed E-state index contributed by atoms with van der Waals surface area (Å²) in [4.78, 5) is 23.7. The summed E-state index contributed by atoms with van der Waals surface area (Å²) in [6.07, 6.45) is 1.77. The number of hydrogen-bond donors (Lipinski definition) is 1. The Bertz CT molecular complexity index is 797. The second-order valence-corrected chi connectivity index (χ2v) is 7.66. The third-order valence-corrected chi connectivity index (χ3v) is 4.64. The molecule has 8 nitrogen and oxygen atoms in total. The van der Waals surface area contributed by atoms with Crippen molar-refractivity contribution >= 4 is 22.8 Å². The van der Waals surface area contributed by atoms with Crippen molar-refractivity contribution in [2.45, 2.75) is 32.9 Å². The van der Waals surface area contributed by atoms with Crippen LogP contribution in [0.3, 0.4) is 0 Å². The quantitative estimate of drug-likeness (QED) is 0.736. The molecule has 27 heavy (non-hydrogen) atoms. The molecule has 0 aliphatic heterocycles. The standard InChI is InChI=1S/C18H24N4O4S/c1-12(23)27-7-6-22-11-16(20-21-22)18(2,3)19-17(24)13-8-14(25-4)10-15(9-13)26-5/h8-11H,6-7H2,1-5H3,(H,19,24). The van der Waals surface area contributed by atoms with E-state index in [1.54, 1.807) is 29.1 Å². The highest BCUT2D eigenvalue weighted by Gasteiger charge is 2.27. The topological polar surface area (TPSA) is 95.3 Å². The van der Waals surface area contributed by atoms with Crippen LogP contribution in [0.25, 0.3) is 0 Å². The molecule has 0 saturated carbocycles. The van der Waals surface area contributed by atoms with Crippen LogP contribution >= 0.6 is 11.8 Å². The number of methoxy groups -OCH3 is 2. The van der Waals surface area contributed by atoms with Gasteiger partial charge in [0.15, 0.2) is 5.12 Å². The van der Waals surface area contributed by atoms with Crippen LogP contribution in [0, 0.1) is 0 Å². The third kappa shape index (κ3) is 5.72. The Labute approximate surface area is 162 Å². The van der Waals surface area contributed by atoms with Gasteiger partial charge in [0.2, 0.25) is 0 Å². The van der Waals surface area contributed by atoms with Gasteiger partial charge in [-0.1, -0.05) is 17.0 Å². The highest BCUT2D eigenvalue weighted by atomic mass is 32.2. The second-order valence-electron chi connectivity index (χ2n) is 6.39. The first kappa shape index (κ1) is 20.8. The minimum Gasteiger partial charge on any atom is -0.497 e. The molecular formula is C18H24N4O4S. The Kier molecular flexibility index (Phi) is 6.84. The van der Waals surface area contributed by atoms with E-state index in [4.69, 9.17) is 9.47 Å². The molecule has 0 saturated heterocycles. The largest absolute Gasteiger partial charge is 0.497 e. The Hall–Kier alpha value is -2.55. The fourth-order valence-corrected chi connectivity index (χ4v) is 2.90. The molecule has 1 aromatic heterocycles. The number of aromatic nitrogens is 3. The molecule has 9 heteroatoms. The van der Waals surface area contributed by atoms with Crippen molar-refractivity contribution < 1.29 is 19.1 Å². The third-order valence-electron chi connectivity index (χ3n) is 3.84. The fourth-order valence-electron chi connectivity index (χ4n) is 2.34. The maximum atomic E-state index is 12.7. The first-order valence-electron chi connectivity index (χ1n) is 8.34. The van der Waals surface area contributed by atoms with E-state index in [-0.39, 0.29) is 11.0 Å². The number of carbonyl (C=O) groups is 2. The van der Waals surface area contributed by atoms with Gasteiger partial charge in [-0.15, -0.1) is 5.10 Å². The molecule has 0 radical (unpaired) electrons. The van der Waals surface area contributed by atoms with Crippen LogP contribution in [-0.2, 0) is 16.9 Å². The fraction of sp³-hybridized carbons (Fsp3) is 0.444. The van der Waals surface area contributed by atoms with Crippen molar-refractivity contribution in [3.8, 4) is 11.5 Å². The van der Waals surface area contributed by atoms with Crippen molar-refractivity contribution in [2.75, 3.05) is 20.0 Å². The summed E-state index contributed by atoms with van der Waals surface area (Å²) in [6, 6.07) is 4.99. The zero-order valence-electron chi connectivity index (χ0n) is 16.1. The molecule has 0 atom stereocenters. The van der Waals surface area contributed by atoms with E-state index in [9.17, 15) is 9.59 Å². The molecule has 0 fully saturated rings. The number of hydrogen-bond acceptors (Lipinski definition) is 7. The van der Waals surface area contributed by atoms with Crippen LogP contribution in [0.4, 0.5) is 0 Å². The number of amides is 1. The zero-order valence-corrected chi connectivity index (χ0v) is 16.9. The molecule has 0 bridgehead atoms. The summed E-state index contributed by atoms with van der Waals surface area (Å²) in [6.45, 7) is 5.79. The molecule has 1 N–H and O–H groups in total. The number of nitrogens with zero attached hydrogens (tertiary/aromatic N) is 3. The molecule has 0 aliphatic rings. The van der Waals surface area contributed by atoms with Gasteiger partial charge < -0.3 is 14.8 Å². The average molecular weight is 392 g/mol. The Morgan fingerprint density at radius 1 is 1.19 bits per heavy atom. The van der Waals surface area contributed by atoms with Gasteiger partial charge in [-0.2, -0.15) is 0 Å². The Morgan fingerprint density at radius 2 is 1.81 bits per heavy atom. The van der Waals surface area contributed by atoms with Crippen LogP contribution in [-0.4, -0.2) is 46.0 Å². The molecular weight excluding hydrogens is 368 g/mol. The van der Waals surface area contributed by atoms with Gasteiger partial charge in [0.25, 0.3) is 5.91 Å². The molecule has 1 heterocycles. The normalized spacial score (nSPS) is 11.1. The number of carbonyl (C=O) groups excluding carboxylic acids is 2. The Balaban J connectivity index is 2.10. The highest BCUT2D eigenvalue weighted by Crippen LogP contribution is 2.24. The van der Waals surface area contributed by atoms with Gasteiger partial charge in [0, 0.05) is 24.3 Å². The van der Waals surface area contributed by atoms with Gasteiger partial charge in [0.1, 0.15) is 17.2 Å². The van der Waals surface area contributed by atoms with Crippen molar-refractivity contribution in [3.63, 3.8) is 0 Å². The molecule has 0 spiro atoms. The zero-order chi connectivity index (χ0) is 20.0. The second kappa shape index (κ2) is 8.90. The average Bonchev–Trinajstić information content (AvgIpc) is 3.10. The van der Waals surface area contributed by atoms with Crippen LogP contribution in [0.2, 0.25) is 0 Å². The lowest BCUT2D eigenvalue weighted by molar-refractivity contribution is -0.109. The maximum Gasteiger partial charge on any atom is 0.252 e. The summed E-state index contributed by atoms with van der Waals surface area (Å²) < 4.78 is 12.1. The van der Waals surface area contributed by atoms with Gasteiger partial charge >= 0.3 is 0 Å². The minimum atomic E-state index is -0.737. The summed E-state index contributed by atoms with van der Waals surface area (Å²) in [5.74, 6) is 1.41. The number of benzene rings is 1. The predicted octanol–water partition coefficient (Wildman–Crippen LogP) is 2.24. The number of thioether (sulfide) groups is 1. The molecule has 2 rings (SSSR count). The minimum absolute atomic E-state index is 0.0663. The van der Waals surface area contributed by atoms with Gasteiger partial charge in [0.05, 0.1) is 32.5 Å². The lowest BCUT2D eigenvalue weighted by Crippen LogP contribution is -2.41. The van der Waals surface area contributed by atoms with E-state index in [0.717, 1.165) is 0 Å². The van der Waals surface area contributed by atoms with Crippen molar-refractivity contribution in [1.82, 2.24) is 20.3 Å². The summed E-state index contributed by atoms with van der Waals surface area (Å²) >= 11 is 1.24. The summed E-state index contributed by atoms with van der Waals surface area (Å²) in [5.41, 5.74) is 0.308. The predicted molar refractivity (Wildman–Crippen MR) is 103 cm³/mol. The first-order valence-corrected chi connectivity index (χ1v) is 9.33. The molecule has 1 amide bonds. The lowest BCUT2D eigenvalue weighted by Gasteiger charge is -2.24. The van der Waals surface area contributed by atoms with Crippen molar-refractivity contribution in [3.05, 3.63) is 35.7 Å². The van der Waals surface area contributed by atoms with Crippen molar-refractivity contribution in [1.29, 1.82) is 0 Å². The molecule has 0 unspecified atom stereocenters. The smallest absolute Gasteiger partial charge is 0.252 e. The number of rotatable bonds is 8. The van der Waals surface area contributed by atoms with E-state index in [1.807, 2.05) is 13.8 Å². The molecule has 1 aromatic carbocycles. The van der Waals surface area contributed by atoms with Crippen LogP contribution in [0.1, 0.15) is 36.8 Å². The molecule has 146 valence electrons. The van der Waals surface area contributed by atoms with Crippen LogP contribution in [0.15, 0.2) is 24.4 Å². The lowest BCUT2D eigenvalue weighted by atomic mass is 10.0. The van der Waals surface area contributed by atoms with Gasteiger partial charge in [-0.05, 0) is 26.0 Å². The van der Waals surface area contributed by atoms with Crippen LogP contribution in [0.5, 0.6) is 11.5 Å².